The predicted octanol–water partition coefficient (Wildman–Crippen LogP) is -0.770. The minimum Gasteiger partial charge on any atom is -0.315 e. The summed E-state index contributed by atoms with van der Waals surface area (Å²) in [5.74, 6) is 0. The van der Waals surface area contributed by atoms with Gasteiger partial charge in [0, 0.05) is 25.3 Å². The van der Waals surface area contributed by atoms with E-state index in [-0.39, 0.29) is 0 Å². The van der Waals surface area contributed by atoms with E-state index in [1.807, 2.05) is 10.9 Å². The molecule has 0 aliphatic carbocycles. The van der Waals surface area contributed by atoms with E-state index in [1.54, 1.807) is 6.20 Å². The Morgan fingerprint density at radius 1 is 1.62 bits per heavy atom. The van der Waals surface area contributed by atoms with Crippen molar-refractivity contribution in [2.24, 2.45) is 0 Å². The Morgan fingerprint density at radius 2 is 2.62 bits per heavy atom. The lowest BCUT2D eigenvalue weighted by atomic mass is 10.2. The van der Waals surface area contributed by atoms with Crippen LogP contribution in [0.1, 0.15) is 6.42 Å². The van der Waals surface area contributed by atoms with Gasteiger partial charge in [-0.15, -0.1) is 5.10 Å². The zero-order valence-corrected chi connectivity index (χ0v) is 7.61. The Labute approximate surface area is 77.5 Å². The van der Waals surface area contributed by atoms with Crippen LogP contribution in [0.4, 0.5) is 0 Å². The van der Waals surface area contributed by atoms with E-state index in [2.05, 4.69) is 20.9 Å². The fraction of sp³-hybridized carbons (Fsp3) is 0.750. The van der Waals surface area contributed by atoms with Crippen molar-refractivity contribution in [1.29, 1.82) is 0 Å². The zero-order valence-electron chi connectivity index (χ0n) is 7.61. The number of aromatic nitrogens is 3. The highest BCUT2D eigenvalue weighted by Crippen LogP contribution is 1.95. The number of hydrogen-bond acceptors (Lipinski definition) is 4. The molecule has 1 aliphatic heterocycles. The van der Waals surface area contributed by atoms with Crippen LogP contribution in [-0.4, -0.2) is 40.7 Å². The van der Waals surface area contributed by atoms with Gasteiger partial charge in [0.2, 0.25) is 0 Å². The monoisotopic (exact) mass is 181 g/mol. The smallest absolute Gasteiger partial charge is 0.0692 e. The molecular formula is C8H15N5. The molecule has 2 N–H and O–H groups in total. The largest absolute Gasteiger partial charge is 0.315 e. The van der Waals surface area contributed by atoms with Crippen LogP contribution in [0.3, 0.4) is 0 Å². The molecule has 1 atom stereocenters. The maximum Gasteiger partial charge on any atom is 0.0692 e. The average Bonchev–Trinajstić information content (AvgIpc) is 2.75. The Balaban J connectivity index is 1.63. The molecule has 0 radical (unpaired) electrons. The number of nitrogens with zero attached hydrogens (tertiary/aromatic N) is 3. The molecular weight excluding hydrogens is 166 g/mol. The van der Waals surface area contributed by atoms with Crippen molar-refractivity contribution in [2.75, 3.05) is 19.6 Å². The van der Waals surface area contributed by atoms with Gasteiger partial charge in [-0.05, 0) is 13.0 Å². The molecule has 1 saturated heterocycles. The summed E-state index contributed by atoms with van der Waals surface area (Å²) in [5, 5.41) is 14.4. The van der Waals surface area contributed by atoms with Crippen LogP contribution in [0.25, 0.3) is 0 Å². The SMILES string of the molecule is c1cn(CCNC2CCNC2)nn1. The third-order valence-electron chi connectivity index (χ3n) is 2.31. The second-order valence-electron chi connectivity index (χ2n) is 3.31. The molecule has 2 heterocycles. The number of nitrogens with one attached hydrogen (secondary N) is 2. The minimum absolute atomic E-state index is 0.642. The van der Waals surface area contributed by atoms with Gasteiger partial charge < -0.3 is 10.6 Å². The number of rotatable bonds is 4. The van der Waals surface area contributed by atoms with E-state index in [4.69, 9.17) is 0 Å². The highest BCUT2D eigenvalue weighted by Gasteiger charge is 2.12. The highest BCUT2D eigenvalue weighted by atomic mass is 15.4. The molecule has 5 nitrogen and oxygen atoms in total. The van der Waals surface area contributed by atoms with Crippen LogP contribution in [-0.2, 0) is 6.54 Å². The maximum atomic E-state index is 3.89. The van der Waals surface area contributed by atoms with Gasteiger partial charge in [-0.25, -0.2) is 0 Å². The summed E-state index contributed by atoms with van der Waals surface area (Å²) in [6.45, 7) is 4.10. The summed E-state index contributed by atoms with van der Waals surface area (Å²) >= 11 is 0. The molecule has 1 aliphatic rings. The lowest BCUT2D eigenvalue weighted by Crippen LogP contribution is -2.33. The van der Waals surface area contributed by atoms with Crippen LogP contribution >= 0.6 is 0 Å². The van der Waals surface area contributed by atoms with Crippen molar-refractivity contribution in [3.63, 3.8) is 0 Å². The molecule has 0 aromatic carbocycles. The molecule has 1 aromatic heterocycles. The van der Waals surface area contributed by atoms with E-state index >= 15 is 0 Å². The Bertz CT molecular complexity index is 227. The summed E-state index contributed by atoms with van der Waals surface area (Å²) in [6, 6.07) is 0.642. The summed E-state index contributed by atoms with van der Waals surface area (Å²) in [7, 11) is 0. The van der Waals surface area contributed by atoms with E-state index in [0.717, 1.165) is 26.2 Å². The van der Waals surface area contributed by atoms with Crippen LogP contribution in [0.2, 0.25) is 0 Å². The Kier molecular flexibility index (Phi) is 2.89. The maximum absolute atomic E-state index is 3.89. The van der Waals surface area contributed by atoms with Crippen molar-refractivity contribution >= 4 is 0 Å². The summed E-state index contributed by atoms with van der Waals surface area (Å²) in [5.41, 5.74) is 0. The van der Waals surface area contributed by atoms with Crippen LogP contribution in [0, 0.1) is 0 Å². The predicted molar refractivity (Wildman–Crippen MR) is 49.3 cm³/mol. The third kappa shape index (κ3) is 2.50. The first-order valence-corrected chi connectivity index (χ1v) is 4.73. The van der Waals surface area contributed by atoms with Gasteiger partial charge in [-0.1, -0.05) is 5.21 Å². The standard InChI is InChI=1S/C8H15N5/c1-2-9-7-8(1)10-3-5-13-6-4-11-12-13/h4,6,8-10H,1-3,5,7H2. The zero-order chi connectivity index (χ0) is 8.93. The molecule has 0 amide bonds. The molecule has 72 valence electrons. The van der Waals surface area contributed by atoms with E-state index < -0.39 is 0 Å². The third-order valence-corrected chi connectivity index (χ3v) is 2.31. The lowest BCUT2D eigenvalue weighted by Gasteiger charge is -2.10. The second-order valence-corrected chi connectivity index (χ2v) is 3.31. The molecule has 0 saturated carbocycles. The Hall–Kier alpha value is -0.940. The normalized spacial score (nSPS) is 22.3. The summed E-state index contributed by atoms with van der Waals surface area (Å²) in [6.07, 6.45) is 4.82. The first kappa shape index (κ1) is 8.65. The molecule has 1 fully saturated rings. The quantitative estimate of drug-likeness (QED) is 0.640. The van der Waals surface area contributed by atoms with Crippen molar-refractivity contribution in [3.05, 3.63) is 12.4 Å². The van der Waals surface area contributed by atoms with Gasteiger partial charge in [-0.3, -0.25) is 4.68 Å². The summed E-state index contributed by atoms with van der Waals surface area (Å²) < 4.78 is 1.84. The average molecular weight is 181 g/mol. The van der Waals surface area contributed by atoms with Gasteiger partial charge >= 0.3 is 0 Å². The molecule has 2 rings (SSSR count). The van der Waals surface area contributed by atoms with Crippen LogP contribution in [0.15, 0.2) is 12.4 Å². The van der Waals surface area contributed by atoms with Gasteiger partial charge in [0.1, 0.15) is 0 Å². The van der Waals surface area contributed by atoms with Gasteiger partial charge in [-0.2, -0.15) is 0 Å². The van der Waals surface area contributed by atoms with Gasteiger partial charge in [0.05, 0.1) is 12.7 Å². The fourth-order valence-electron chi connectivity index (χ4n) is 1.56. The van der Waals surface area contributed by atoms with Gasteiger partial charge in [0.25, 0.3) is 0 Å². The molecule has 0 spiro atoms. The van der Waals surface area contributed by atoms with Crippen molar-refractivity contribution in [1.82, 2.24) is 25.6 Å². The van der Waals surface area contributed by atoms with Crippen molar-refractivity contribution < 1.29 is 0 Å². The van der Waals surface area contributed by atoms with Gasteiger partial charge in [0.15, 0.2) is 0 Å². The minimum atomic E-state index is 0.642. The van der Waals surface area contributed by atoms with E-state index in [9.17, 15) is 0 Å². The van der Waals surface area contributed by atoms with Crippen molar-refractivity contribution in [2.45, 2.75) is 19.0 Å². The van der Waals surface area contributed by atoms with E-state index in [0.29, 0.717) is 6.04 Å². The highest BCUT2D eigenvalue weighted by molar-refractivity contribution is 4.77. The first-order valence-electron chi connectivity index (χ1n) is 4.73. The van der Waals surface area contributed by atoms with Crippen molar-refractivity contribution in [3.8, 4) is 0 Å². The molecule has 5 heteroatoms. The molecule has 0 bridgehead atoms. The topological polar surface area (TPSA) is 54.8 Å². The number of hydrogen-bond donors (Lipinski definition) is 2. The Morgan fingerprint density at radius 3 is 3.31 bits per heavy atom. The fourth-order valence-corrected chi connectivity index (χ4v) is 1.56. The molecule has 1 aromatic rings. The van der Waals surface area contributed by atoms with Crippen LogP contribution in [0.5, 0.6) is 0 Å². The van der Waals surface area contributed by atoms with Crippen LogP contribution < -0.4 is 10.6 Å². The second kappa shape index (κ2) is 4.34. The molecule has 1 unspecified atom stereocenters. The summed E-state index contributed by atoms with van der Waals surface area (Å²) in [4.78, 5) is 0. The van der Waals surface area contributed by atoms with E-state index in [1.165, 1.54) is 6.42 Å². The first-order chi connectivity index (χ1) is 6.45. The lowest BCUT2D eigenvalue weighted by molar-refractivity contribution is 0.488. The molecule has 13 heavy (non-hydrogen) atoms.